The minimum Gasteiger partial charge on any atom is -0.465 e. The van der Waals surface area contributed by atoms with E-state index in [1.54, 1.807) is 0 Å². The van der Waals surface area contributed by atoms with Crippen molar-refractivity contribution in [1.29, 1.82) is 0 Å². The zero-order valence-electron chi connectivity index (χ0n) is 21.1. The lowest BCUT2D eigenvalue weighted by atomic mass is 9.89. The minimum atomic E-state index is -0.796. The lowest BCUT2D eigenvalue weighted by Crippen LogP contribution is -2.54. The van der Waals surface area contributed by atoms with Crippen LogP contribution in [0.2, 0.25) is 0 Å². The first-order valence-electron chi connectivity index (χ1n) is 11.7. The second-order valence-electron chi connectivity index (χ2n) is 11.0. The zero-order valence-corrected chi connectivity index (χ0v) is 21.1. The molecule has 1 aliphatic heterocycles. The summed E-state index contributed by atoms with van der Waals surface area (Å²) in [5.74, 6) is -3.64. The van der Waals surface area contributed by atoms with Crippen LogP contribution in [0.1, 0.15) is 74.1 Å². The molecule has 0 spiro atoms. The van der Waals surface area contributed by atoms with Gasteiger partial charge in [0.1, 0.15) is 0 Å². The molecule has 188 valence electrons. The van der Waals surface area contributed by atoms with Gasteiger partial charge in [-0.25, -0.2) is 5.43 Å². The molecule has 1 saturated heterocycles. The minimum absolute atomic E-state index is 0.0616. The highest BCUT2D eigenvalue weighted by atomic mass is 16.5. The zero-order chi connectivity index (χ0) is 25.3. The first-order valence-corrected chi connectivity index (χ1v) is 11.7. The summed E-state index contributed by atoms with van der Waals surface area (Å²) in [5.41, 5.74) is 4.67. The van der Waals surface area contributed by atoms with E-state index in [0.29, 0.717) is 12.8 Å². The van der Waals surface area contributed by atoms with Crippen LogP contribution in [-0.2, 0) is 28.7 Å². The first kappa shape index (κ1) is 28.7. The van der Waals surface area contributed by atoms with Gasteiger partial charge < -0.3 is 10.1 Å². The molecule has 3 atom stereocenters. The molecular formula is C24H41N3O6. The Morgan fingerprint density at radius 3 is 2.21 bits per heavy atom. The molecule has 0 aromatic rings. The number of nitrogens with one attached hydrogen (secondary N) is 3. The highest BCUT2D eigenvalue weighted by Crippen LogP contribution is 2.20. The van der Waals surface area contributed by atoms with Gasteiger partial charge in [0.05, 0.1) is 19.1 Å². The van der Waals surface area contributed by atoms with Crippen molar-refractivity contribution in [3.05, 3.63) is 0 Å². The molecule has 0 bridgehead atoms. The summed E-state index contributed by atoms with van der Waals surface area (Å²) in [6, 6.07) is -0.796. The number of rotatable bonds is 12. The Morgan fingerprint density at radius 2 is 1.67 bits per heavy atom. The highest BCUT2D eigenvalue weighted by molar-refractivity contribution is 6.37. The maximum atomic E-state index is 13.1. The van der Waals surface area contributed by atoms with E-state index in [9.17, 15) is 24.0 Å². The molecule has 1 heterocycles. The van der Waals surface area contributed by atoms with E-state index in [1.807, 2.05) is 48.5 Å². The molecule has 1 fully saturated rings. The van der Waals surface area contributed by atoms with E-state index in [-0.39, 0.29) is 54.9 Å². The topological polar surface area (TPSA) is 131 Å². The molecule has 0 aliphatic carbocycles. The number of carbonyl (C=O) groups is 5. The number of amides is 2. The number of esters is 1. The number of ether oxygens (including phenoxy) is 1. The van der Waals surface area contributed by atoms with Crippen molar-refractivity contribution in [2.45, 2.75) is 80.2 Å². The van der Waals surface area contributed by atoms with Crippen LogP contribution in [0.4, 0.5) is 0 Å². The summed E-state index contributed by atoms with van der Waals surface area (Å²) in [7, 11) is 0. The number of hydrogen-bond acceptors (Lipinski definition) is 7. The molecule has 2 amide bonds. The summed E-state index contributed by atoms with van der Waals surface area (Å²) in [6.07, 6.45) is 0.672. The molecule has 0 aromatic heterocycles. The Labute approximate surface area is 197 Å². The van der Waals surface area contributed by atoms with E-state index in [4.69, 9.17) is 4.74 Å². The largest absolute Gasteiger partial charge is 0.465 e. The fourth-order valence-electron chi connectivity index (χ4n) is 3.59. The van der Waals surface area contributed by atoms with Crippen molar-refractivity contribution in [3.8, 4) is 0 Å². The van der Waals surface area contributed by atoms with Gasteiger partial charge in [-0.2, -0.15) is 0 Å². The molecule has 0 radical (unpaired) electrons. The van der Waals surface area contributed by atoms with E-state index in [0.717, 1.165) is 0 Å². The third-order valence-electron chi connectivity index (χ3n) is 5.21. The van der Waals surface area contributed by atoms with Gasteiger partial charge in [-0.05, 0) is 30.1 Å². The predicted molar refractivity (Wildman–Crippen MR) is 124 cm³/mol. The highest BCUT2D eigenvalue weighted by Gasteiger charge is 2.34. The number of carbonyl (C=O) groups excluding carboxylic acids is 5. The monoisotopic (exact) mass is 467 g/mol. The van der Waals surface area contributed by atoms with Crippen molar-refractivity contribution >= 4 is 29.4 Å². The molecule has 0 saturated carbocycles. The standard InChI is InChI=1S/C24H41N3O6/c1-14(2)8-16(11-20(29)33-13-24(5,6)7)22(31)26-18(9-15(3)4)19(28)10-17-12-25-27-23(32)21(17)30/h14-18,25H,8-13H2,1-7H3,(H,26,31)(H,27,32). The van der Waals surface area contributed by atoms with Gasteiger partial charge in [-0.1, -0.05) is 48.5 Å². The van der Waals surface area contributed by atoms with Crippen LogP contribution in [-0.4, -0.2) is 48.5 Å². The van der Waals surface area contributed by atoms with Gasteiger partial charge in [-0.3, -0.25) is 29.4 Å². The van der Waals surface area contributed by atoms with Crippen molar-refractivity contribution in [1.82, 2.24) is 16.2 Å². The molecule has 1 rings (SSSR count). The van der Waals surface area contributed by atoms with E-state index in [1.165, 1.54) is 0 Å². The van der Waals surface area contributed by atoms with Crippen LogP contribution in [0.5, 0.6) is 0 Å². The first-order chi connectivity index (χ1) is 15.2. The van der Waals surface area contributed by atoms with Gasteiger partial charge in [0.15, 0.2) is 5.78 Å². The third-order valence-corrected chi connectivity index (χ3v) is 5.21. The number of hydrogen-bond donors (Lipinski definition) is 3. The molecule has 0 aromatic carbocycles. The van der Waals surface area contributed by atoms with Gasteiger partial charge in [0.2, 0.25) is 11.7 Å². The van der Waals surface area contributed by atoms with Crippen molar-refractivity contribution in [3.63, 3.8) is 0 Å². The quantitative estimate of drug-likeness (QED) is 0.295. The van der Waals surface area contributed by atoms with Crippen LogP contribution in [0, 0.1) is 29.1 Å². The van der Waals surface area contributed by atoms with Crippen molar-refractivity contribution in [2.24, 2.45) is 29.1 Å². The number of Topliss-reactive ketones (excluding diaryl/α,β-unsaturated/α-hetero) is 2. The predicted octanol–water partition coefficient (Wildman–Crippen LogP) is 1.94. The SMILES string of the molecule is CC(C)CC(CC(=O)OCC(C)(C)C)C(=O)NC(CC(C)C)C(=O)CC1CNNC(=O)C1=O. The van der Waals surface area contributed by atoms with E-state index < -0.39 is 35.5 Å². The summed E-state index contributed by atoms with van der Waals surface area (Å²) >= 11 is 0. The molecule has 9 heteroatoms. The van der Waals surface area contributed by atoms with Crippen LogP contribution in [0.3, 0.4) is 0 Å². The molecule has 1 aliphatic rings. The summed E-state index contributed by atoms with van der Waals surface area (Å²) in [5, 5.41) is 2.82. The van der Waals surface area contributed by atoms with Gasteiger partial charge in [0, 0.05) is 24.8 Å². The van der Waals surface area contributed by atoms with E-state index in [2.05, 4.69) is 16.2 Å². The lowest BCUT2D eigenvalue weighted by molar-refractivity contribution is -0.149. The second kappa shape index (κ2) is 12.8. The second-order valence-corrected chi connectivity index (χ2v) is 11.0. The fourth-order valence-corrected chi connectivity index (χ4v) is 3.59. The van der Waals surface area contributed by atoms with Gasteiger partial charge in [-0.15, -0.1) is 0 Å². The number of ketones is 2. The normalized spacial score (nSPS) is 18.6. The lowest BCUT2D eigenvalue weighted by Gasteiger charge is -2.26. The Bertz CT molecular complexity index is 726. The molecule has 9 nitrogen and oxygen atoms in total. The maximum absolute atomic E-state index is 13.1. The van der Waals surface area contributed by atoms with Crippen LogP contribution in [0.15, 0.2) is 0 Å². The Morgan fingerprint density at radius 1 is 1.06 bits per heavy atom. The smallest absolute Gasteiger partial charge is 0.306 e. The summed E-state index contributed by atoms with van der Waals surface area (Å²) in [6.45, 7) is 14.1. The maximum Gasteiger partial charge on any atom is 0.306 e. The molecular weight excluding hydrogens is 426 g/mol. The van der Waals surface area contributed by atoms with Gasteiger partial charge in [0.25, 0.3) is 0 Å². The fraction of sp³-hybridized carbons (Fsp3) is 0.792. The number of hydrazine groups is 1. The van der Waals surface area contributed by atoms with Crippen LogP contribution < -0.4 is 16.2 Å². The van der Waals surface area contributed by atoms with Crippen molar-refractivity contribution in [2.75, 3.05) is 13.2 Å². The molecule has 33 heavy (non-hydrogen) atoms. The average molecular weight is 468 g/mol. The van der Waals surface area contributed by atoms with E-state index >= 15 is 0 Å². The van der Waals surface area contributed by atoms with Crippen LogP contribution in [0.25, 0.3) is 0 Å². The molecule has 3 unspecified atom stereocenters. The summed E-state index contributed by atoms with van der Waals surface area (Å²) < 4.78 is 5.34. The third kappa shape index (κ3) is 10.9. The summed E-state index contributed by atoms with van der Waals surface area (Å²) in [4.78, 5) is 62.1. The van der Waals surface area contributed by atoms with Crippen LogP contribution >= 0.6 is 0 Å². The average Bonchev–Trinajstić information content (AvgIpc) is 2.67. The Balaban J connectivity index is 2.88. The van der Waals surface area contributed by atoms with Gasteiger partial charge >= 0.3 is 11.9 Å². The Hall–Kier alpha value is -2.29. The van der Waals surface area contributed by atoms with Crippen molar-refractivity contribution < 1.29 is 28.7 Å². The molecule has 3 N–H and O–H groups in total. The Kier molecular flexibility index (Phi) is 11.2.